The number of hydrogen-bond acceptors (Lipinski definition) is 3. The Morgan fingerprint density at radius 3 is 3.13 bits per heavy atom. The molecule has 1 aromatic heterocycles. The standard InChI is InChI=1S/C11H15ClN2S/c12-10-3-4-11(14-7-10)15-8-9-2-1-5-13-6-9/h3-4,7,9,13H,1-2,5-6,8H2. The second-order valence-corrected chi connectivity index (χ2v) is 5.31. The summed E-state index contributed by atoms with van der Waals surface area (Å²) in [6, 6.07) is 3.89. The van der Waals surface area contributed by atoms with Gasteiger partial charge in [-0.05, 0) is 44.0 Å². The highest BCUT2D eigenvalue weighted by Crippen LogP contribution is 2.22. The Hall–Kier alpha value is -0.250. The maximum absolute atomic E-state index is 5.78. The Morgan fingerprint density at radius 2 is 2.47 bits per heavy atom. The van der Waals surface area contributed by atoms with Gasteiger partial charge in [0.15, 0.2) is 0 Å². The van der Waals surface area contributed by atoms with E-state index < -0.39 is 0 Å². The van der Waals surface area contributed by atoms with Gasteiger partial charge >= 0.3 is 0 Å². The van der Waals surface area contributed by atoms with Gasteiger partial charge in [-0.25, -0.2) is 4.98 Å². The highest BCUT2D eigenvalue weighted by molar-refractivity contribution is 7.99. The molecular formula is C11H15ClN2S. The number of piperidine rings is 1. The van der Waals surface area contributed by atoms with E-state index in [1.54, 1.807) is 6.20 Å². The molecule has 0 amide bonds. The van der Waals surface area contributed by atoms with Gasteiger partial charge in [0.05, 0.1) is 10.0 Å². The van der Waals surface area contributed by atoms with Crippen molar-refractivity contribution in [3.05, 3.63) is 23.4 Å². The molecule has 1 saturated heterocycles. The number of halogens is 1. The molecule has 1 unspecified atom stereocenters. The number of nitrogens with one attached hydrogen (secondary N) is 1. The van der Waals surface area contributed by atoms with Crippen LogP contribution < -0.4 is 5.32 Å². The number of thioether (sulfide) groups is 1. The van der Waals surface area contributed by atoms with Crippen LogP contribution in [-0.2, 0) is 0 Å². The predicted octanol–water partition coefficient (Wildman–Crippen LogP) is 2.83. The van der Waals surface area contributed by atoms with Crippen LogP contribution in [0.5, 0.6) is 0 Å². The topological polar surface area (TPSA) is 24.9 Å². The average molecular weight is 243 g/mol. The molecule has 0 radical (unpaired) electrons. The monoisotopic (exact) mass is 242 g/mol. The molecule has 1 N–H and O–H groups in total. The van der Waals surface area contributed by atoms with Gasteiger partial charge in [0.25, 0.3) is 0 Å². The highest BCUT2D eigenvalue weighted by Gasteiger charge is 2.13. The summed E-state index contributed by atoms with van der Waals surface area (Å²) in [7, 11) is 0. The van der Waals surface area contributed by atoms with Crippen molar-refractivity contribution in [3.8, 4) is 0 Å². The lowest BCUT2D eigenvalue weighted by molar-refractivity contribution is 0.410. The molecule has 0 spiro atoms. The lowest BCUT2D eigenvalue weighted by atomic mass is 10.0. The molecule has 82 valence electrons. The van der Waals surface area contributed by atoms with Crippen LogP contribution in [0.2, 0.25) is 5.02 Å². The van der Waals surface area contributed by atoms with E-state index in [1.807, 2.05) is 23.9 Å². The Labute approximate surface area is 99.8 Å². The Balaban J connectivity index is 1.79. The summed E-state index contributed by atoms with van der Waals surface area (Å²) >= 11 is 7.60. The predicted molar refractivity (Wildman–Crippen MR) is 65.6 cm³/mol. The number of aromatic nitrogens is 1. The molecular weight excluding hydrogens is 228 g/mol. The normalized spacial score (nSPS) is 21.5. The summed E-state index contributed by atoms with van der Waals surface area (Å²) in [5.41, 5.74) is 0. The molecule has 1 fully saturated rings. The van der Waals surface area contributed by atoms with E-state index >= 15 is 0 Å². The van der Waals surface area contributed by atoms with E-state index in [2.05, 4.69) is 10.3 Å². The lowest BCUT2D eigenvalue weighted by Crippen LogP contribution is -2.30. The van der Waals surface area contributed by atoms with Gasteiger partial charge in [-0.1, -0.05) is 11.6 Å². The third kappa shape index (κ3) is 3.67. The molecule has 1 aliphatic rings. The van der Waals surface area contributed by atoms with Gasteiger partial charge in [0.1, 0.15) is 0 Å². The average Bonchev–Trinajstić information content (AvgIpc) is 2.30. The van der Waals surface area contributed by atoms with Crippen molar-refractivity contribution in [3.63, 3.8) is 0 Å². The molecule has 2 rings (SSSR count). The number of hydrogen-bond donors (Lipinski definition) is 1. The smallest absolute Gasteiger partial charge is 0.0961 e. The summed E-state index contributed by atoms with van der Waals surface area (Å²) in [6.45, 7) is 2.33. The Bertz CT molecular complexity index is 296. The van der Waals surface area contributed by atoms with Crippen LogP contribution in [0, 0.1) is 5.92 Å². The summed E-state index contributed by atoms with van der Waals surface area (Å²) in [5, 5.41) is 5.21. The highest BCUT2D eigenvalue weighted by atomic mass is 35.5. The van der Waals surface area contributed by atoms with Crippen LogP contribution in [0.3, 0.4) is 0 Å². The minimum absolute atomic E-state index is 0.707. The molecule has 0 aliphatic carbocycles. The van der Waals surface area contributed by atoms with Crippen molar-refractivity contribution in [2.45, 2.75) is 17.9 Å². The molecule has 1 atom stereocenters. The fraction of sp³-hybridized carbons (Fsp3) is 0.545. The second-order valence-electron chi connectivity index (χ2n) is 3.84. The van der Waals surface area contributed by atoms with Gasteiger partial charge in [0.2, 0.25) is 0 Å². The van der Waals surface area contributed by atoms with Crippen LogP contribution in [0.1, 0.15) is 12.8 Å². The third-order valence-corrected chi connectivity index (χ3v) is 3.97. The lowest BCUT2D eigenvalue weighted by Gasteiger charge is -2.21. The van der Waals surface area contributed by atoms with E-state index in [0.717, 1.165) is 23.2 Å². The van der Waals surface area contributed by atoms with Crippen molar-refractivity contribution < 1.29 is 0 Å². The molecule has 1 aliphatic heterocycles. The van der Waals surface area contributed by atoms with Gasteiger partial charge < -0.3 is 5.32 Å². The van der Waals surface area contributed by atoms with E-state index in [9.17, 15) is 0 Å². The number of rotatable bonds is 3. The largest absolute Gasteiger partial charge is 0.316 e. The van der Waals surface area contributed by atoms with Crippen LogP contribution >= 0.6 is 23.4 Å². The second kappa shape index (κ2) is 5.73. The number of pyridine rings is 1. The molecule has 15 heavy (non-hydrogen) atoms. The molecule has 4 heteroatoms. The van der Waals surface area contributed by atoms with Gasteiger partial charge in [0, 0.05) is 11.9 Å². The van der Waals surface area contributed by atoms with Crippen LogP contribution in [0.4, 0.5) is 0 Å². The molecule has 2 nitrogen and oxygen atoms in total. The Kier molecular flexibility index (Phi) is 4.29. The summed E-state index contributed by atoms with van der Waals surface area (Å²) in [4.78, 5) is 4.27. The molecule has 1 aromatic rings. The minimum Gasteiger partial charge on any atom is -0.316 e. The first-order valence-corrected chi connectivity index (χ1v) is 6.66. The van der Waals surface area contributed by atoms with E-state index in [-0.39, 0.29) is 0 Å². The molecule has 2 heterocycles. The van der Waals surface area contributed by atoms with Crippen molar-refractivity contribution in [2.24, 2.45) is 5.92 Å². The summed E-state index contributed by atoms with van der Waals surface area (Å²) in [5.74, 6) is 1.95. The quantitative estimate of drug-likeness (QED) is 0.826. The van der Waals surface area contributed by atoms with E-state index in [4.69, 9.17) is 11.6 Å². The molecule has 0 aromatic carbocycles. The maximum Gasteiger partial charge on any atom is 0.0961 e. The van der Waals surface area contributed by atoms with Gasteiger partial charge in [-0.2, -0.15) is 0 Å². The first-order chi connectivity index (χ1) is 7.34. The fourth-order valence-corrected chi connectivity index (χ4v) is 2.81. The van der Waals surface area contributed by atoms with Crippen LogP contribution in [-0.4, -0.2) is 23.8 Å². The molecule has 0 bridgehead atoms. The van der Waals surface area contributed by atoms with Gasteiger partial charge in [-0.15, -0.1) is 11.8 Å². The Morgan fingerprint density at radius 1 is 1.53 bits per heavy atom. The van der Waals surface area contributed by atoms with Crippen molar-refractivity contribution in [1.82, 2.24) is 10.3 Å². The number of nitrogens with zero attached hydrogens (tertiary/aromatic N) is 1. The van der Waals surface area contributed by atoms with Crippen molar-refractivity contribution in [1.29, 1.82) is 0 Å². The van der Waals surface area contributed by atoms with Crippen molar-refractivity contribution >= 4 is 23.4 Å². The zero-order chi connectivity index (χ0) is 10.5. The van der Waals surface area contributed by atoms with Crippen molar-refractivity contribution in [2.75, 3.05) is 18.8 Å². The van der Waals surface area contributed by atoms with Crippen LogP contribution in [0.15, 0.2) is 23.4 Å². The maximum atomic E-state index is 5.78. The summed E-state index contributed by atoms with van der Waals surface area (Å²) < 4.78 is 0. The fourth-order valence-electron chi connectivity index (χ4n) is 1.72. The van der Waals surface area contributed by atoms with Crippen LogP contribution in [0.25, 0.3) is 0 Å². The van der Waals surface area contributed by atoms with E-state index in [1.165, 1.54) is 19.4 Å². The van der Waals surface area contributed by atoms with E-state index in [0.29, 0.717) is 5.02 Å². The first kappa shape index (κ1) is 11.2. The van der Waals surface area contributed by atoms with Gasteiger partial charge in [-0.3, -0.25) is 0 Å². The minimum atomic E-state index is 0.707. The zero-order valence-electron chi connectivity index (χ0n) is 8.58. The summed E-state index contributed by atoms with van der Waals surface area (Å²) in [6.07, 6.45) is 4.36. The third-order valence-electron chi connectivity index (χ3n) is 2.57. The molecule has 0 saturated carbocycles. The first-order valence-electron chi connectivity index (χ1n) is 5.29. The SMILES string of the molecule is Clc1ccc(SCC2CCCNC2)nc1. The zero-order valence-corrected chi connectivity index (χ0v) is 10.2.